The van der Waals surface area contributed by atoms with Gasteiger partial charge in [-0.3, -0.25) is 0 Å². The highest BCUT2D eigenvalue weighted by atomic mass is 19.1. The molecule has 0 atom stereocenters. The van der Waals surface area contributed by atoms with Crippen LogP contribution in [0.4, 0.5) is 22.0 Å². The van der Waals surface area contributed by atoms with Gasteiger partial charge in [0.15, 0.2) is 11.6 Å². The number of hydrogen-bond donors (Lipinski definition) is 2. The number of halogens is 1. The van der Waals surface area contributed by atoms with E-state index in [1.54, 1.807) is 18.4 Å². The van der Waals surface area contributed by atoms with Gasteiger partial charge in [0.25, 0.3) is 0 Å². The van der Waals surface area contributed by atoms with Crippen LogP contribution in [0.1, 0.15) is 37.9 Å². The third kappa shape index (κ3) is 5.84. The molecular formula is C22H26FN5O3. The minimum absolute atomic E-state index is 0.147. The first-order valence-corrected chi connectivity index (χ1v) is 10.5. The second-order valence-electron chi connectivity index (χ2n) is 7.49. The molecule has 1 aliphatic rings. The number of rotatable bonds is 9. The Balaban J connectivity index is 1.50. The zero-order chi connectivity index (χ0) is 21.5. The summed E-state index contributed by atoms with van der Waals surface area (Å²) in [7, 11) is 1.42. The minimum atomic E-state index is -0.480. The van der Waals surface area contributed by atoms with Crippen LogP contribution >= 0.6 is 0 Å². The molecule has 2 aromatic heterocycles. The molecule has 8 nitrogen and oxygen atoms in total. The number of furan rings is 1. The average Bonchev–Trinajstić information content (AvgIpc) is 3.31. The van der Waals surface area contributed by atoms with Gasteiger partial charge < -0.3 is 24.5 Å². The van der Waals surface area contributed by atoms with Crippen molar-refractivity contribution in [2.45, 2.75) is 38.7 Å². The molecule has 0 unspecified atom stereocenters. The van der Waals surface area contributed by atoms with E-state index in [2.05, 4.69) is 25.6 Å². The summed E-state index contributed by atoms with van der Waals surface area (Å²) in [6.07, 6.45) is 7.81. The molecule has 4 rings (SSSR count). The minimum Gasteiger partial charge on any atom is -0.494 e. The Hall–Kier alpha value is -3.36. The zero-order valence-corrected chi connectivity index (χ0v) is 17.4. The molecule has 2 heterocycles. The molecule has 1 aromatic carbocycles. The van der Waals surface area contributed by atoms with E-state index >= 15 is 0 Å². The fraction of sp³-hybridized carbons (Fsp3) is 0.409. The van der Waals surface area contributed by atoms with E-state index in [9.17, 15) is 4.39 Å². The van der Waals surface area contributed by atoms with Crippen molar-refractivity contribution in [3.05, 3.63) is 48.2 Å². The van der Waals surface area contributed by atoms with Crippen molar-refractivity contribution in [2.24, 2.45) is 5.92 Å². The van der Waals surface area contributed by atoms with Gasteiger partial charge in [0.1, 0.15) is 12.4 Å². The quantitative estimate of drug-likeness (QED) is 0.497. The first-order chi connectivity index (χ1) is 15.2. The van der Waals surface area contributed by atoms with E-state index in [1.807, 2.05) is 6.07 Å². The summed E-state index contributed by atoms with van der Waals surface area (Å²) in [6, 6.07) is 8.28. The number of nitrogens with zero attached hydrogens (tertiary/aromatic N) is 3. The summed E-state index contributed by atoms with van der Waals surface area (Å²) >= 11 is 0. The molecule has 0 amide bonds. The molecule has 0 bridgehead atoms. The van der Waals surface area contributed by atoms with Gasteiger partial charge in [0.2, 0.25) is 11.9 Å². The summed E-state index contributed by atoms with van der Waals surface area (Å²) in [4.78, 5) is 13.1. The van der Waals surface area contributed by atoms with E-state index in [4.69, 9.17) is 13.9 Å². The van der Waals surface area contributed by atoms with Crippen molar-refractivity contribution < 1.29 is 18.3 Å². The van der Waals surface area contributed by atoms with Crippen LogP contribution in [0.15, 0.2) is 41.0 Å². The number of hydrogen-bond acceptors (Lipinski definition) is 8. The lowest BCUT2D eigenvalue weighted by atomic mass is 9.89. The molecule has 2 N–H and O–H groups in total. The van der Waals surface area contributed by atoms with Crippen molar-refractivity contribution in [1.29, 1.82) is 0 Å². The van der Waals surface area contributed by atoms with Crippen LogP contribution in [0.3, 0.4) is 0 Å². The van der Waals surface area contributed by atoms with Crippen LogP contribution in [0.5, 0.6) is 11.8 Å². The third-order valence-electron chi connectivity index (χ3n) is 5.22. The molecule has 0 spiro atoms. The number of aromatic nitrogens is 3. The predicted molar refractivity (Wildman–Crippen MR) is 114 cm³/mol. The van der Waals surface area contributed by atoms with E-state index < -0.39 is 5.82 Å². The van der Waals surface area contributed by atoms with Gasteiger partial charge in [0, 0.05) is 18.3 Å². The Bertz CT molecular complexity index is 977. The van der Waals surface area contributed by atoms with Gasteiger partial charge >= 0.3 is 6.01 Å². The SMILES string of the molecule is COc1ccc(Nc2nc(NCC3CCCCC3)nc(OCc3ccco3)n2)cc1F. The number of anilines is 3. The smallest absolute Gasteiger partial charge is 0.323 e. The molecule has 164 valence electrons. The predicted octanol–water partition coefficient (Wildman–Crippen LogP) is 4.93. The van der Waals surface area contributed by atoms with Crippen LogP contribution in [0.25, 0.3) is 0 Å². The summed E-state index contributed by atoms with van der Waals surface area (Å²) < 4.78 is 30.0. The average molecular weight is 427 g/mol. The third-order valence-corrected chi connectivity index (χ3v) is 5.22. The van der Waals surface area contributed by atoms with E-state index in [0.717, 1.165) is 6.54 Å². The number of nitrogens with one attached hydrogen (secondary N) is 2. The Labute approximate surface area is 180 Å². The largest absolute Gasteiger partial charge is 0.494 e. The van der Waals surface area contributed by atoms with Crippen molar-refractivity contribution >= 4 is 17.6 Å². The molecule has 1 saturated carbocycles. The summed E-state index contributed by atoms with van der Waals surface area (Å²) in [5.41, 5.74) is 0.486. The van der Waals surface area contributed by atoms with E-state index in [-0.39, 0.29) is 24.3 Å². The molecule has 31 heavy (non-hydrogen) atoms. The molecule has 3 aromatic rings. The highest BCUT2D eigenvalue weighted by Gasteiger charge is 2.15. The highest BCUT2D eigenvalue weighted by Crippen LogP contribution is 2.25. The second-order valence-corrected chi connectivity index (χ2v) is 7.49. The van der Waals surface area contributed by atoms with Crippen LogP contribution in [0.2, 0.25) is 0 Å². The number of ether oxygens (including phenoxy) is 2. The van der Waals surface area contributed by atoms with Gasteiger partial charge in [-0.15, -0.1) is 0 Å². The van der Waals surface area contributed by atoms with Crippen molar-refractivity contribution in [3.63, 3.8) is 0 Å². The molecule has 1 aliphatic carbocycles. The van der Waals surface area contributed by atoms with Gasteiger partial charge in [-0.2, -0.15) is 15.0 Å². The zero-order valence-electron chi connectivity index (χ0n) is 17.4. The van der Waals surface area contributed by atoms with Crippen LogP contribution in [-0.2, 0) is 6.61 Å². The van der Waals surface area contributed by atoms with Gasteiger partial charge in [-0.05, 0) is 43.0 Å². The van der Waals surface area contributed by atoms with Crippen molar-refractivity contribution in [2.75, 3.05) is 24.3 Å². The standard InChI is InChI=1S/C22H26FN5O3/c1-29-19-10-9-16(12-18(19)23)25-21-26-20(24-13-15-6-3-2-4-7-15)27-22(28-21)31-14-17-8-5-11-30-17/h5,8-12,15H,2-4,6-7,13-14H2,1H3,(H2,24,25,26,27,28). The van der Waals surface area contributed by atoms with Crippen molar-refractivity contribution in [1.82, 2.24) is 15.0 Å². The molecule has 0 radical (unpaired) electrons. The van der Waals surface area contributed by atoms with Crippen LogP contribution in [0, 0.1) is 11.7 Å². The summed E-state index contributed by atoms with van der Waals surface area (Å²) in [6.45, 7) is 0.980. The first-order valence-electron chi connectivity index (χ1n) is 10.5. The normalized spacial score (nSPS) is 14.3. The molecule has 0 saturated heterocycles. The van der Waals surface area contributed by atoms with E-state index in [1.165, 1.54) is 51.3 Å². The van der Waals surface area contributed by atoms with Crippen molar-refractivity contribution in [3.8, 4) is 11.8 Å². The van der Waals surface area contributed by atoms with Gasteiger partial charge in [-0.1, -0.05) is 19.3 Å². The maximum Gasteiger partial charge on any atom is 0.323 e. The lowest BCUT2D eigenvalue weighted by Crippen LogP contribution is -2.19. The maximum atomic E-state index is 14.1. The van der Waals surface area contributed by atoms with Crippen LogP contribution in [-0.4, -0.2) is 28.6 Å². The molecule has 1 fully saturated rings. The van der Waals surface area contributed by atoms with E-state index in [0.29, 0.717) is 23.3 Å². The molecular weight excluding hydrogens is 401 g/mol. The molecule has 0 aliphatic heterocycles. The van der Waals surface area contributed by atoms with Gasteiger partial charge in [-0.25, -0.2) is 4.39 Å². The summed E-state index contributed by atoms with van der Waals surface area (Å²) in [5.74, 6) is 1.60. The first kappa shape index (κ1) is 20.9. The highest BCUT2D eigenvalue weighted by molar-refractivity contribution is 5.56. The topological polar surface area (TPSA) is 94.3 Å². The summed E-state index contributed by atoms with van der Waals surface area (Å²) in [5, 5.41) is 6.31. The second kappa shape index (κ2) is 10.1. The Morgan fingerprint density at radius 2 is 1.94 bits per heavy atom. The fourth-order valence-electron chi connectivity index (χ4n) is 3.59. The maximum absolute atomic E-state index is 14.1. The monoisotopic (exact) mass is 427 g/mol. The Morgan fingerprint density at radius 3 is 2.68 bits per heavy atom. The number of benzene rings is 1. The lowest BCUT2D eigenvalue weighted by Gasteiger charge is -2.21. The number of methoxy groups -OCH3 is 1. The van der Waals surface area contributed by atoms with Crippen LogP contribution < -0.4 is 20.1 Å². The Kier molecular flexibility index (Phi) is 6.81. The molecule has 9 heteroatoms. The lowest BCUT2D eigenvalue weighted by molar-refractivity contribution is 0.250. The Morgan fingerprint density at radius 1 is 1.10 bits per heavy atom. The van der Waals surface area contributed by atoms with Gasteiger partial charge in [0.05, 0.1) is 13.4 Å². The fourth-order valence-corrected chi connectivity index (χ4v) is 3.59.